The van der Waals surface area contributed by atoms with E-state index in [9.17, 15) is 4.39 Å². The fourth-order valence-electron chi connectivity index (χ4n) is 5.47. The van der Waals surface area contributed by atoms with Crippen molar-refractivity contribution in [2.24, 2.45) is 14.1 Å². The third-order valence-electron chi connectivity index (χ3n) is 6.92. The van der Waals surface area contributed by atoms with Crippen LogP contribution in [0.2, 0.25) is 0 Å². The Morgan fingerprint density at radius 1 is 1.12 bits per heavy atom. The van der Waals surface area contributed by atoms with Crippen molar-refractivity contribution in [3.05, 3.63) is 64.9 Å². The van der Waals surface area contributed by atoms with Gasteiger partial charge in [-0.1, -0.05) is 6.92 Å². The Bertz CT molecular complexity index is 1420. The van der Waals surface area contributed by atoms with Gasteiger partial charge in [0.2, 0.25) is 0 Å². The van der Waals surface area contributed by atoms with Gasteiger partial charge in [-0.3, -0.25) is 9.36 Å². The molecule has 8 heteroatoms. The summed E-state index contributed by atoms with van der Waals surface area (Å²) in [6, 6.07) is 6.71. The lowest BCUT2D eigenvalue weighted by atomic mass is 9.87. The minimum atomic E-state index is -0.464. The summed E-state index contributed by atoms with van der Waals surface area (Å²) in [5.74, 6) is 0.849. The molecule has 3 aromatic heterocycles. The molecule has 0 saturated heterocycles. The quantitative estimate of drug-likeness (QED) is 0.425. The zero-order chi connectivity index (χ0) is 23.0. The van der Waals surface area contributed by atoms with Gasteiger partial charge in [-0.25, -0.2) is 9.37 Å². The number of hydrogen-bond acceptors (Lipinski definition) is 5. The smallest absolute Gasteiger partial charge is 0.166 e. The lowest BCUT2D eigenvalue weighted by Gasteiger charge is -2.22. The first kappa shape index (κ1) is 20.0. The molecule has 1 aliphatic heterocycles. The number of ether oxygens (including phenoxy) is 1. The molecule has 0 amide bonds. The zero-order valence-electron chi connectivity index (χ0n) is 19.0. The molecule has 33 heavy (non-hydrogen) atoms. The second-order valence-electron chi connectivity index (χ2n) is 9.17. The maximum atomic E-state index is 14.4. The number of halogens is 1. The average molecular weight is 445 g/mol. The van der Waals surface area contributed by atoms with E-state index in [-0.39, 0.29) is 11.7 Å². The number of aryl methyl sites for hydroxylation is 2. The molecule has 2 N–H and O–H groups in total. The van der Waals surface area contributed by atoms with Crippen molar-refractivity contribution in [1.29, 1.82) is 0 Å². The van der Waals surface area contributed by atoms with Gasteiger partial charge >= 0.3 is 0 Å². The summed E-state index contributed by atoms with van der Waals surface area (Å²) in [6.07, 6.45) is 4.32. The van der Waals surface area contributed by atoms with Crippen LogP contribution in [0.15, 0.2) is 36.7 Å². The van der Waals surface area contributed by atoms with Crippen LogP contribution in [-0.2, 0) is 14.1 Å². The molecule has 0 radical (unpaired) electrons. The lowest BCUT2D eigenvalue weighted by molar-refractivity contribution is 0.227. The molecule has 4 heterocycles. The van der Waals surface area contributed by atoms with Crippen LogP contribution in [-0.4, -0.2) is 24.5 Å². The second kappa shape index (κ2) is 6.91. The fourth-order valence-corrected chi connectivity index (χ4v) is 5.47. The molecule has 7 nitrogen and oxygen atoms in total. The molecular formula is C25H25FN6O. The second-order valence-corrected chi connectivity index (χ2v) is 9.17. The van der Waals surface area contributed by atoms with E-state index in [0.29, 0.717) is 17.5 Å². The molecule has 1 aromatic carbocycles. The van der Waals surface area contributed by atoms with Crippen LogP contribution < -0.4 is 10.5 Å². The molecule has 4 aromatic rings. The van der Waals surface area contributed by atoms with Gasteiger partial charge in [0.15, 0.2) is 11.6 Å². The van der Waals surface area contributed by atoms with E-state index in [2.05, 4.69) is 18.1 Å². The maximum Gasteiger partial charge on any atom is 0.166 e. The molecule has 2 aliphatic rings. The number of aromatic nitrogens is 5. The van der Waals surface area contributed by atoms with Crippen molar-refractivity contribution >= 4 is 5.82 Å². The topological polar surface area (TPSA) is 83.8 Å². The van der Waals surface area contributed by atoms with E-state index in [1.54, 1.807) is 12.3 Å². The van der Waals surface area contributed by atoms with Crippen LogP contribution in [0.5, 0.6) is 5.75 Å². The first-order valence-corrected chi connectivity index (χ1v) is 11.1. The molecule has 1 aliphatic carbocycles. The third kappa shape index (κ3) is 2.90. The normalized spacial score (nSPS) is 20.8. The van der Waals surface area contributed by atoms with Gasteiger partial charge in [0.05, 0.1) is 17.1 Å². The van der Waals surface area contributed by atoms with Crippen molar-refractivity contribution in [1.82, 2.24) is 24.5 Å². The van der Waals surface area contributed by atoms with Gasteiger partial charge in [0.25, 0.3) is 0 Å². The number of nitrogens with zero attached hydrogens (tertiary/aromatic N) is 5. The summed E-state index contributed by atoms with van der Waals surface area (Å²) in [4.78, 5) is 4.42. The van der Waals surface area contributed by atoms with Crippen molar-refractivity contribution in [3.63, 3.8) is 0 Å². The molecule has 0 fully saturated rings. The SMILES string of the molecule is C[C@@H]1C[C@@H]2c3cn(C)nc3-c3ccc(F)cc3[C@@H](C)Oc3cc(cnc3N)-c3c2c1nn3C. The first-order chi connectivity index (χ1) is 15.8. The van der Waals surface area contributed by atoms with E-state index >= 15 is 0 Å². The van der Waals surface area contributed by atoms with Crippen molar-refractivity contribution in [2.45, 2.75) is 38.2 Å². The van der Waals surface area contributed by atoms with E-state index in [1.165, 1.54) is 17.7 Å². The molecule has 0 spiro atoms. The van der Waals surface area contributed by atoms with E-state index < -0.39 is 6.10 Å². The standard InChI is InChI=1S/C25H25FN6O/c1-12-7-18-19-11-31(3)29-23(19)16-6-5-15(26)9-17(16)13(2)33-20-8-14(10-28-25(20)27)24-21(18)22(12)30-32(24)4/h5-6,8-13,18H,7H2,1-4H3,(H2,27,28)/t12-,13-,18-/m1/s1. The van der Waals surface area contributed by atoms with Gasteiger partial charge in [-0.2, -0.15) is 10.2 Å². The third-order valence-corrected chi connectivity index (χ3v) is 6.92. The Hall–Kier alpha value is -3.68. The number of benzene rings is 1. The molecule has 0 saturated carbocycles. The van der Waals surface area contributed by atoms with Gasteiger partial charge in [0.1, 0.15) is 11.9 Å². The van der Waals surface area contributed by atoms with Crippen molar-refractivity contribution in [2.75, 3.05) is 5.73 Å². The highest BCUT2D eigenvalue weighted by atomic mass is 19.1. The Morgan fingerprint density at radius 3 is 2.76 bits per heavy atom. The number of pyridine rings is 1. The van der Waals surface area contributed by atoms with Crippen LogP contribution in [0, 0.1) is 5.82 Å². The van der Waals surface area contributed by atoms with Crippen LogP contribution in [0.25, 0.3) is 22.5 Å². The Balaban J connectivity index is 1.71. The van der Waals surface area contributed by atoms with Crippen LogP contribution in [0.3, 0.4) is 0 Å². The number of nitrogen functional groups attached to an aromatic ring is 1. The summed E-state index contributed by atoms with van der Waals surface area (Å²) in [5, 5.41) is 9.72. The number of fused-ring (bicyclic) bond motifs is 7. The Kier molecular flexibility index (Phi) is 4.18. The summed E-state index contributed by atoms with van der Waals surface area (Å²) in [5.41, 5.74) is 13.9. The largest absolute Gasteiger partial charge is 0.482 e. The molecule has 3 atom stereocenters. The highest BCUT2D eigenvalue weighted by Crippen LogP contribution is 2.51. The predicted molar refractivity (Wildman–Crippen MR) is 123 cm³/mol. The lowest BCUT2D eigenvalue weighted by Crippen LogP contribution is -2.10. The Morgan fingerprint density at radius 2 is 1.94 bits per heavy atom. The molecular weight excluding hydrogens is 419 g/mol. The average Bonchev–Trinajstić information content (AvgIpc) is 3.41. The van der Waals surface area contributed by atoms with Gasteiger partial charge in [-0.15, -0.1) is 0 Å². The highest BCUT2D eigenvalue weighted by molar-refractivity contribution is 5.74. The number of anilines is 1. The zero-order valence-corrected chi connectivity index (χ0v) is 19.0. The van der Waals surface area contributed by atoms with E-state index in [4.69, 9.17) is 20.7 Å². The number of rotatable bonds is 0. The molecule has 6 rings (SSSR count). The minimum absolute atomic E-state index is 0.108. The molecule has 2 bridgehead atoms. The summed E-state index contributed by atoms with van der Waals surface area (Å²) in [7, 11) is 3.89. The highest BCUT2D eigenvalue weighted by Gasteiger charge is 2.39. The van der Waals surface area contributed by atoms with Crippen molar-refractivity contribution < 1.29 is 9.13 Å². The van der Waals surface area contributed by atoms with E-state index in [0.717, 1.165) is 45.8 Å². The summed E-state index contributed by atoms with van der Waals surface area (Å²) in [6.45, 7) is 4.11. The van der Waals surface area contributed by atoms with Gasteiger partial charge in [0, 0.05) is 66.1 Å². The Labute approximate surface area is 191 Å². The predicted octanol–water partition coefficient (Wildman–Crippen LogP) is 4.70. The number of nitrogens with two attached hydrogens (primary N) is 1. The van der Waals surface area contributed by atoms with Crippen LogP contribution >= 0.6 is 0 Å². The van der Waals surface area contributed by atoms with Gasteiger partial charge in [-0.05, 0) is 37.6 Å². The molecule has 0 unspecified atom stereocenters. The molecule has 168 valence electrons. The van der Waals surface area contributed by atoms with Crippen LogP contribution in [0.1, 0.15) is 60.6 Å². The number of hydrogen-bond donors (Lipinski definition) is 1. The van der Waals surface area contributed by atoms with Crippen molar-refractivity contribution in [3.8, 4) is 28.3 Å². The fraction of sp³-hybridized carbons (Fsp3) is 0.320. The summed E-state index contributed by atoms with van der Waals surface area (Å²) >= 11 is 0. The first-order valence-electron chi connectivity index (χ1n) is 11.1. The van der Waals surface area contributed by atoms with E-state index in [1.807, 2.05) is 36.4 Å². The maximum absolute atomic E-state index is 14.4. The van der Waals surface area contributed by atoms with Crippen LogP contribution in [0.4, 0.5) is 10.2 Å². The minimum Gasteiger partial charge on any atom is -0.482 e. The summed E-state index contributed by atoms with van der Waals surface area (Å²) < 4.78 is 24.4. The van der Waals surface area contributed by atoms with Gasteiger partial charge < -0.3 is 10.5 Å². The monoisotopic (exact) mass is 444 g/mol.